The number of aryl methyl sites for hydroxylation is 1. The number of carbonyl (C=O) groups excluding carboxylic acids is 5. The maximum Gasteiger partial charge on any atom is 0.324 e. The molecule has 14 heteroatoms. The number of aromatic nitrogens is 2. The zero-order valence-corrected chi connectivity index (χ0v) is 39.3. The van der Waals surface area contributed by atoms with Crippen molar-refractivity contribution in [3.8, 4) is 11.3 Å². The minimum Gasteiger partial charge on any atom is -0.464 e. The normalized spacial score (nSPS) is 24.6. The van der Waals surface area contributed by atoms with Crippen LogP contribution in [-0.2, 0) is 41.7 Å². The number of hydrogen-bond donors (Lipinski definition) is 2. The van der Waals surface area contributed by atoms with E-state index in [9.17, 15) is 24.0 Å². The molecule has 6 bridgehead atoms. The Labute approximate surface area is 379 Å². The highest BCUT2D eigenvalue weighted by Crippen LogP contribution is 2.42. The van der Waals surface area contributed by atoms with Gasteiger partial charge in [0.2, 0.25) is 17.7 Å². The van der Waals surface area contributed by atoms with Crippen molar-refractivity contribution in [3.05, 3.63) is 66.0 Å². The number of ether oxygens (including phenoxy) is 1. The highest BCUT2D eigenvalue weighted by Gasteiger charge is 2.41. The lowest BCUT2D eigenvalue weighted by molar-refractivity contribution is -0.155. The van der Waals surface area contributed by atoms with Crippen LogP contribution in [0.2, 0.25) is 0 Å². The Balaban J connectivity index is 1.24. The van der Waals surface area contributed by atoms with Crippen LogP contribution < -0.4 is 10.7 Å². The van der Waals surface area contributed by atoms with Crippen molar-refractivity contribution in [2.45, 2.75) is 123 Å². The number of amides is 4. The first-order valence-corrected chi connectivity index (χ1v) is 23.6. The number of carbonyl (C=O) groups is 5. The summed E-state index contributed by atoms with van der Waals surface area (Å²) in [4.78, 5) is 79.6. The maximum absolute atomic E-state index is 14.7. The van der Waals surface area contributed by atoms with Gasteiger partial charge in [0.25, 0.3) is 5.91 Å². The van der Waals surface area contributed by atoms with Crippen LogP contribution in [0, 0.1) is 17.3 Å². The Morgan fingerprint density at radius 2 is 1.80 bits per heavy atom. The molecule has 3 saturated heterocycles. The molecule has 2 N–H and O–H groups in total. The first-order chi connectivity index (χ1) is 30.5. The SMILES string of the molecule is C=CC(=O)N1CC[C@H](C(=O)N(C)[C@H](C(=O)N[C@H]2CN3CCC[C@H](C3)c3ccc4c(c3)c(c(-c3cccnc3C(C)C)n4CC)CC(C)(C)COC(=O)[C@@H]3CCCN(N3)C2=O)C(C)C)C1. The van der Waals surface area contributed by atoms with Gasteiger partial charge in [0, 0.05) is 74.4 Å². The highest BCUT2D eigenvalue weighted by molar-refractivity contribution is 5.95. The zero-order chi connectivity index (χ0) is 46.0. The first-order valence-electron chi connectivity index (χ1n) is 23.6. The van der Waals surface area contributed by atoms with Crippen LogP contribution in [0.5, 0.6) is 0 Å². The predicted molar refractivity (Wildman–Crippen MR) is 248 cm³/mol. The highest BCUT2D eigenvalue weighted by atomic mass is 16.5. The summed E-state index contributed by atoms with van der Waals surface area (Å²) in [5.74, 6) is -1.93. The molecule has 346 valence electrons. The van der Waals surface area contributed by atoms with E-state index < -0.39 is 41.3 Å². The molecule has 7 rings (SSSR count). The van der Waals surface area contributed by atoms with E-state index in [0.29, 0.717) is 45.3 Å². The molecule has 4 aliphatic heterocycles. The van der Waals surface area contributed by atoms with Gasteiger partial charge in [0.1, 0.15) is 18.1 Å². The predicted octanol–water partition coefficient (Wildman–Crippen LogP) is 5.65. The summed E-state index contributed by atoms with van der Waals surface area (Å²) in [5, 5.41) is 5.79. The van der Waals surface area contributed by atoms with Crippen molar-refractivity contribution >= 4 is 40.5 Å². The zero-order valence-electron chi connectivity index (χ0n) is 39.3. The van der Waals surface area contributed by atoms with E-state index in [4.69, 9.17) is 9.72 Å². The van der Waals surface area contributed by atoms with E-state index in [1.807, 2.05) is 26.1 Å². The number of hydrogen-bond acceptors (Lipinski definition) is 9. The second-order valence-corrected chi connectivity index (χ2v) is 20.0. The van der Waals surface area contributed by atoms with Gasteiger partial charge in [-0.3, -0.25) is 34.0 Å². The third-order valence-corrected chi connectivity index (χ3v) is 13.9. The summed E-state index contributed by atoms with van der Waals surface area (Å²) in [7, 11) is 1.63. The fourth-order valence-corrected chi connectivity index (χ4v) is 10.6. The Morgan fingerprint density at radius 3 is 2.52 bits per heavy atom. The Morgan fingerprint density at radius 1 is 1.03 bits per heavy atom. The van der Waals surface area contributed by atoms with E-state index in [-0.39, 0.29) is 55.2 Å². The number of fused-ring (bicyclic) bond motifs is 6. The van der Waals surface area contributed by atoms with Gasteiger partial charge in [-0.15, -0.1) is 0 Å². The Bertz CT molecular complexity index is 2250. The molecule has 0 saturated carbocycles. The van der Waals surface area contributed by atoms with Crippen LogP contribution in [0.25, 0.3) is 22.2 Å². The Kier molecular flexibility index (Phi) is 14.3. The van der Waals surface area contributed by atoms with Crippen molar-refractivity contribution in [1.29, 1.82) is 0 Å². The number of nitrogens with one attached hydrogen (secondary N) is 2. The summed E-state index contributed by atoms with van der Waals surface area (Å²) >= 11 is 0. The van der Waals surface area contributed by atoms with E-state index in [0.717, 1.165) is 48.4 Å². The van der Waals surface area contributed by atoms with Gasteiger partial charge in [-0.1, -0.05) is 54.2 Å². The molecule has 2 aromatic heterocycles. The number of likely N-dealkylation sites (N-methyl/N-ethyl adjacent to an activating group) is 1. The number of esters is 1. The van der Waals surface area contributed by atoms with Crippen molar-refractivity contribution in [2.24, 2.45) is 17.3 Å². The lowest BCUT2D eigenvalue weighted by atomic mass is 9.83. The monoisotopic (exact) mass is 879 g/mol. The third kappa shape index (κ3) is 9.78. The van der Waals surface area contributed by atoms with Crippen LogP contribution in [0.4, 0.5) is 0 Å². The van der Waals surface area contributed by atoms with E-state index in [2.05, 4.69) is 85.7 Å². The fraction of sp³-hybridized carbons (Fsp3) is 0.600. The van der Waals surface area contributed by atoms with E-state index in [1.165, 1.54) is 32.5 Å². The molecule has 0 radical (unpaired) electrons. The molecule has 0 aliphatic carbocycles. The van der Waals surface area contributed by atoms with Gasteiger partial charge in [-0.05, 0) is 111 Å². The van der Waals surface area contributed by atoms with Gasteiger partial charge < -0.3 is 29.3 Å². The molecular weight excluding hydrogens is 809 g/mol. The van der Waals surface area contributed by atoms with Crippen molar-refractivity contribution in [3.63, 3.8) is 0 Å². The molecule has 64 heavy (non-hydrogen) atoms. The summed E-state index contributed by atoms with van der Waals surface area (Å²) in [6, 6.07) is 8.52. The largest absolute Gasteiger partial charge is 0.464 e. The third-order valence-electron chi connectivity index (χ3n) is 13.9. The molecule has 1 unspecified atom stereocenters. The van der Waals surface area contributed by atoms with Crippen LogP contribution in [-0.4, -0.2) is 130 Å². The van der Waals surface area contributed by atoms with Crippen LogP contribution in [0.15, 0.2) is 49.2 Å². The topological polar surface area (TPSA) is 149 Å². The minimum absolute atomic E-state index is 0.183. The lowest BCUT2D eigenvalue weighted by Crippen LogP contribution is -2.64. The maximum atomic E-state index is 14.7. The minimum atomic E-state index is -0.965. The van der Waals surface area contributed by atoms with Crippen molar-refractivity contribution in [1.82, 2.24) is 40.0 Å². The average molecular weight is 879 g/mol. The molecule has 0 spiro atoms. The van der Waals surface area contributed by atoms with Gasteiger partial charge in [0.05, 0.1) is 23.9 Å². The first kappa shape index (κ1) is 46.9. The number of piperidine rings is 1. The molecule has 4 aliphatic rings. The molecule has 14 nitrogen and oxygen atoms in total. The smallest absolute Gasteiger partial charge is 0.324 e. The number of pyridine rings is 1. The fourth-order valence-electron chi connectivity index (χ4n) is 10.6. The average Bonchev–Trinajstić information content (AvgIpc) is 3.90. The van der Waals surface area contributed by atoms with Gasteiger partial charge >= 0.3 is 5.97 Å². The van der Waals surface area contributed by atoms with Crippen LogP contribution in [0.3, 0.4) is 0 Å². The van der Waals surface area contributed by atoms with Crippen molar-refractivity contribution in [2.75, 3.05) is 52.9 Å². The quantitative estimate of drug-likeness (QED) is 0.206. The van der Waals surface area contributed by atoms with E-state index >= 15 is 0 Å². The molecule has 4 amide bonds. The number of benzene rings is 1. The second kappa shape index (κ2) is 19.6. The number of rotatable bonds is 9. The molecule has 1 aromatic carbocycles. The number of nitrogens with zero attached hydrogens (tertiary/aromatic N) is 6. The summed E-state index contributed by atoms with van der Waals surface area (Å²) in [6.45, 7) is 21.9. The number of cyclic esters (lactones) is 1. The second-order valence-electron chi connectivity index (χ2n) is 20.0. The molecule has 6 heterocycles. The number of likely N-dealkylation sites (tertiary alicyclic amines) is 1. The molecule has 6 atom stereocenters. The van der Waals surface area contributed by atoms with E-state index in [1.54, 1.807) is 11.9 Å². The number of hydrazine groups is 1. The summed E-state index contributed by atoms with van der Waals surface area (Å²) < 4.78 is 8.55. The van der Waals surface area contributed by atoms with Gasteiger partial charge in [-0.25, -0.2) is 5.43 Å². The summed E-state index contributed by atoms with van der Waals surface area (Å²) in [6.07, 6.45) is 7.28. The summed E-state index contributed by atoms with van der Waals surface area (Å²) in [5.41, 5.74) is 9.69. The van der Waals surface area contributed by atoms with Crippen LogP contribution >= 0.6 is 0 Å². The van der Waals surface area contributed by atoms with Gasteiger partial charge in [0.15, 0.2) is 0 Å². The molecule has 3 fully saturated rings. The standard InChI is InChI=1S/C50H70N8O6/c1-10-42(59)56-24-20-35(28-56)47(61)54(9)44(32(5)6)46(60)52-40-29-55-22-13-15-34(27-55)33-18-19-41-37(25-33)38(45(57(41)11-2)36-16-12-21-51-43(36)31(3)4)26-50(7,8)30-64-49(63)39-17-14-23-58(53-39)48(40)62/h10,12,16,18-19,21,25,31-32,34-35,39-40,44,53H,1,11,13-15,17,20,22-24,26-30H2,2-9H3,(H,52,60)/t34-,35+,39+,40+,44+/m1/s1. The van der Waals surface area contributed by atoms with Crippen molar-refractivity contribution < 1.29 is 28.7 Å². The molecule has 3 aromatic rings. The Hall–Kier alpha value is -5.08. The molecular formula is C50H70N8O6. The van der Waals surface area contributed by atoms with Crippen LogP contribution in [0.1, 0.15) is 109 Å². The van der Waals surface area contributed by atoms with Gasteiger partial charge in [-0.2, -0.15) is 0 Å². The lowest BCUT2D eigenvalue weighted by Gasteiger charge is -2.39.